The fraction of sp³-hybridized carbons (Fsp3) is 0.364. The number of likely N-dealkylation sites (tertiary alicyclic amines) is 1. The van der Waals surface area contributed by atoms with Crippen LogP contribution in [0.25, 0.3) is 0 Å². The van der Waals surface area contributed by atoms with E-state index in [2.05, 4.69) is 5.32 Å². The normalized spacial score (nSPS) is 18.0. The second-order valence-corrected chi connectivity index (χ2v) is 7.15. The van der Waals surface area contributed by atoms with E-state index in [-0.39, 0.29) is 24.4 Å². The lowest BCUT2D eigenvalue weighted by Gasteiger charge is -2.27. The summed E-state index contributed by atoms with van der Waals surface area (Å²) in [5.74, 6) is 1.19. The number of carbonyl (C=O) groups is 2. The average molecular weight is 380 g/mol. The van der Waals surface area contributed by atoms with Gasteiger partial charge < -0.3 is 19.7 Å². The molecular formula is C22H24N2O4. The molecule has 1 fully saturated rings. The Morgan fingerprint density at radius 3 is 2.71 bits per heavy atom. The lowest BCUT2D eigenvalue weighted by atomic mass is 10.0. The van der Waals surface area contributed by atoms with Gasteiger partial charge in [-0.25, -0.2) is 0 Å². The summed E-state index contributed by atoms with van der Waals surface area (Å²) >= 11 is 0. The minimum atomic E-state index is -0.221. The standard InChI is InChI=1S/C22H24N2O4/c1-15-5-2-3-6-17(15)22(26)23-14-21(25)24-10-4-7-18(24)16-8-9-19-20(13-16)28-12-11-27-19/h2-3,5-6,8-9,13,18H,4,7,10-12,14H2,1H3,(H,23,26). The molecule has 28 heavy (non-hydrogen) atoms. The zero-order chi connectivity index (χ0) is 19.5. The largest absolute Gasteiger partial charge is 0.486 e. The zero-order valence-corrected chi connectivity index (χ0v) is 15.9. The van der Waals surface area contributed by atoms with Crippen LogP contribution in [-0.4, -0.2) is 43.0 Å². The van der Waals surface area contributed by atoms with E-state index in [1.165, 1.54) is 0 Å². The van der Waals surface area contributed by atoms with Gasteiger partial charge in [0.15, 0.2) is 11.5 Å². The summed E-state index contributed by atoms with van der Waals surface area (Å²) in [5, 5.41) is 2.76. The maximum absolute atomic E-state index is 12.8. The highest BCUT2D eigenvalue weighted by Gasteiger charge is 2.31. The van der Waals surface area contributed by atoms with E-state index in [1.807, 2.05) is 48.2 Å². The Bertz CT molecular complexity index is 896. The second-order valence-electron chi connectivity index (χ2n) is 7.15. The Morgan fingerprint density at radius 2 is 1.89 bits per heavy atom. The summed E-state index contributed by atoms with van der Waals surface area (Å²) in [6.07, 6.45) is 1.84. The molecule has 6 heteroatoms. The van der Waals surface area contributed by atoms with Crippen LogP contribution in [-0.2, 0) is 4.79 Å². The Morgan fingerprint density at radius 1 is 1.11 bits per heavy atom. The quantitative estimate of drug-likeness (QED) is 0.886. The predicted octanol–water partition coefficient (Wildman–Crippen LogP) is 2.86. The first-order valence-corrected chi connectivity index (χ1v) is 9.66. The lowest BCUT2D eigenvalue weighted by molar-refractivity contribution is -0.131. The molecule has 1 N–H and O–H groups in total. The number of hydrogen-bond donors (Lipinski definition) is 1. The molecule has 1 saturated heterocycles. The molecule has 146 valence electrons. The van der Waals surface area contributed by atoms with Crippen molar-refractivity contribution in [2.45, 2.75) is 25.8 Å². The van der Waals surface area contributed by atoms with E-state index >= 15 is 0 Å². The van der Waals surface area contributed by atoms with Gasteiger partial charge >= 0.3 is 0 Å². The van der Waals surface area contributed by atoms with E-state index in [0.29, 0.717) is 25.3 Å². The second kappa shape index (κ2) is 7.92. The van der Waals surface area contributed by atoms with E-state index in [4.69, 9.17) is 9.47 Å². The van der Waals surface area contributed by atoms with Gasteiger partial charge in [0, 0.05) is 12.1 Å². The topological polar surface area (TPSA) is 67.9 Å². The van der Waals surface area contributed by atoms with Gasteiger partial charge in [0.05, 0.1) is 12.6 Å². The number of fused-ring (bicyclic) bond motifs is 1. The third-order valence-corrected chi connectivity index (χ3v) is 5.31. The molecule has 2 aliphatic heterocycles. The van der Waals surface area contributed by atoms with Crippen LogP contribution in [0.3, 0.4) is 0 Å². The molecule has 2 heterocycles. The number of carbonyl (C=O) groups excluding carboxylic acids is 2. The molecule has 0 spiro atoms. The zero-order valence-electron chi connectivity index (χ0n) is 15.9. The first-order valence-electron chi connectivity index (χ1n) is 9.66. The van der Waals surface area contributed by atoms with Crippen molar-refractivity contribution in [1.29, 1.82) is 0 Å². The predicted molar refractivity (Wildman–Crippen MR) is 105 cm³/mol. The molecule has 0 bridgehead atoms. The Balaban J connectivity index is 1.42. The van der Waals surface area contributed by atoms with Crippen molar-refractivity contribution in [3.05, 3.63) is 59.2 Å². The van der Waals surface area contributed by atoms with Crippen molar-refractivity contribution >= 4 is 11.8 Å². The summed E-state index contributed by atoms with van der Waals surface area (Å²) in [4.78, 5) is 27.0. The fourth-order valence-electron chi connectivity index (χ4n) is 3.86. The molecule has 1 unspecified atom stereocenters. The summed E-state index contributed by atoms with van der Waals surface area (Å²) in [7, 11) is 0. The van der Waals surface area contributed by atoms with Crippen LogP contribution < -0.4 is 14.8 Å². The number of nitrogens with one attached hydrogen (secondary N) is 1. The highest BCUT2D eigenvalue weighted by atomic mass is 16.6. The molecule has 0 saturated carbocycles. The van der Waals surface area contributed by atoms with Crippen LogP contribution in [0, 0.1) is 6.92 Å². The first kappa shape index (κ1) is 18.3. The number of rotatable bonds is 4. The van der Waals surface area contributed by atoms with E-state index < -0.39 is 0 Å². The van der Waals surface area contributed by atoms with Crippen LogP contribution in [0.4, 0.5) is 0 Å². The Hall–Kier alpha value is -3.02. The van der Waals surface area contributed by atoms with Crippen LogP contribution in [0.5, 0.6) is 11.5 Å². The monoisotopic (exact) mass is 380 g/mol. The van der Waals surface area contributed by atoms with Crippen LogP contribution in [0.1, 0.15) is 40.4 Å². The van der Waals surface area contributed by atoms with Gasteiger partial charge in [0.25, 0.3) is 5.91 Å². The van der Waals surface area contributed by atoms with Crippen molar-refractivity contribution in [1.82, 2.24) is 10.2 Å². The van der Waals surface area contributed by atoms with E-state index in [9.17, 15) is 9.59 Å². The number of ether oxygens (including phenoxy) is 2. The SMILES string of the molecule is Cc1ccccc1C(=O)NCC(=O)N1CCCC1c1ccc2c(c1)OCCO2. The number of aryl methyl sites for hydroxylation is 1. The van der Waals surface area contributed by atoms with Gasteiger partial charge in [0.1, 0.15) is 13.2 Å². The maximum Gasteiger partial charge on any atom is 0.251 e. The smallest absolute Gasteiger partial charge is 0.251 e. The van der Waals surface area contributed by atoms with Crippen molar-refractivity contribution in [3.63, 3.8) is 0 Å². The fourth-order valence-corrected chi connectivity index (χ4v) is 3.86. The number of amides is 2. The molecule has 0 aliphatic carbocycles. The molecule has 2 aromatic rings. The Kier molecular flexibility index (Phi) is 5.19. The maximum atomic E-state index is 12.8. The van der Waals surface area contributed by atoms with E-state index in [1.54, 1.807) is 6.07 Å². The summed E-state index contributed by atoms with van der Waals surface area (Å²) in [6.45, 7) is 3.66. The molecule has 1 atom stereocenters. The Labute approximate surface area is 164 Å². The molecular weight excluding hydrogens is 356 g/mol. The molecule has 2 aliphatic rings. The summed E-state index contributed by atoms with van der Waals surface area (Å²) < 4.78 is 11.3. The number of hydrogen-bond acceptors (Lipinski definition) is 4. The minimum absolute atomic E-state index is 0.00121. The van der Waals surface area contributed by atoms with Crippen molar-refractivity contribution < 1.29 is 19.1 Å². The van der Waals surface area contributed by atoms with Gasteiger partial charge in [-0.15, -0.1) is 0 Å². The van der Waals surface area contributed by atoms with Crippen molar-refractivity contribution in [3.8, 4) is 11.5 Å². The third-order valence-electron chi connectivity index (χ3n) is 5.31. The third kappa shape index (κ3) is 3.67. The van der Waals surface area contributed by atoms with Gasteiger partial charge in [-0.3, -0.25) is 9.59 Å². The highest BCUT2D eigenvalue weighted by Crippen LogP contribution is 2.38. The molecule has 0 radical (unpaired) electrons. The minimum Gasteiger partial charge on any atom is -0.486 e. The van der Waals surface area contributed by atoms with Gasteiger partial charge in [-0.1, -0.05) is 24.3 Å². The molecule has 0 aromatic heterocycles. The molecule has 6 nitrogen and oxygen atoms in total. The molecule has 4 rings (SSSR count). The molecule has 2 aromatic carbocycles. The van der Waals surface area contributed by atoms with Crippen LogP contribution >= 0.6 is 0 Å². The number of benzene rings is 2. The van der Waals surface area contributed by atoms with Gasteiger partial charge in [-0.2, -0.15) is 0 Å². The van der Waals surface area contributed by atoms with Crippen LogP contribution in [0.15, 0.2) is 42.5 Å². The lowest BCUT2D eigenvalue weighted by Crippen LogP contribution is -2.40. The van der Waals surface area contributed by atoms with Crippen molar-refractivity contribution in [2.24, 2.45) is 0 Å². The van der Waals surface area contributed by atoms with E-state index in [0.717, 1.165) is 35.5 Å². The van der Waals surface area contributed by atoms with Gasteiger partial charge in [-0.05, 0) is 49.1 Å². The van der Waals surface area contributed by atoms with Gasteiger partial charge in [0.2, 0.25) is 5.91 Å². The summed E-state index contributed by atoms with van der Waals surface area (Å²) in [6, 6.07) is 13.2. The van der Waals surface area contributed by atoms with Crippen LogP contribution in [0.2, 0.25) is 0 Å². The first-order chi connectivity index (χ1) is 13.6. The summed E-state index contributed by atoms with van der Waals surface area (Å²) in [5.41, 5.74) is 2.53. The average Bonchev–Trinajstić information content (AvgIpc) is 3.22. The highest BCUT2D eigenvalue weighted by molar-refractivity contribution is 5.97. The number of nitrogens with zero attached hydrogens (tertiary/aromatic N) is 1. The van der Waals surface area contributed by atoms with Crippen molar-refractivity contribution in [2.75, 3.05) is 26.3 Å². The molecule has 2 amide bonds.